The molecule has 2 heterocycles. The van der Waals surface area contributed by atoms with E-state index in [1.54, 1.807) is 0 Å². The Labute approximate surface area is 165 Å². The predicted octanol–water partition coefficient (Wildman–Crippen LogP) is 3.62. The Morgan fingerprint density at radius 2 is 1.86 bits per heavy atom. The highest BCUT2D eigenvalue weighted by atomic mass is 32.2. The summed E-state index contributed by atoms with van der Waals surface area (Å²) in [6, 6.07) is 5.17. The maximum absolute atomic E-state index is 13.0. The van der Waals surface area contributed by atoms with Crippen LogP contribution in [0.15, 0.2) is 30.5 Å². The summed E-state index contributed by atoms with van der Waals surface area (Å²) >= 11 is 0. The van der Waals surface area contributed by atoms with Gasteiger partial charge in [-0.15, -0.1) is 0 Å². The van der Waals surface area contributed by atoms with Gasteiger partial charge in [-0.1, -0.05) is 0 Å². The van der Waals surface area contributed by atoms with Crippen LogP contribution in [0.2, 0.25) is 0 Å². The number of rotatable bonds is 3. The number of nitrogens with one attached hydrogen (secondary N) is 1. The molecule has 1 aromatic heterocycles. The minimum Gasteiger partial charge on any atom is -0.476 e. The monoisotopic (exact) mass is 429 g/mol. The van der Waals surface area contributed by atoms with Crippen LogP contribution < -0.4 is 14.4 Å². The molecule has 0 radical (unpaired) electrons. The second kappa shape index (κ2) is 6.61. The van der Waals surface area contributed by atoms with Crippen LogP contribution in [0.1, 0.15) is 25.0 Å². The summed E-state index contributed by atoms with van der Waals surface area (Å²) in [7, 11) is -3.54. The van der Waals surface area contributed by atoms with Gasteiger partial charge in [-0.3, -0.25) is 14.4 Å². The van der Waals surface area contributed by atoms with Gasteiger partial charge in [0.1, 0.15) is 11.6 Å². The number of amides is 1. The van der Waals surface area contributed by atoms with Crippen molar-refractivity contribution in [2.45, 2.75) is 32.5 Å². The van der Waals surface area contributed by atoms with Gasteiger partial charge < -0.3 is 4.74 Å². The van der Waals surface area contributed by atoms with Crippen molar-refractivity contribution in [3.8, 4) is 5.75 Å². The third-order valence-corrected chi connectivity index (χ3v) is 4.78. The number of carbonyl (C=O) groups is 1. The highest BCUT2D eigenvalue weighted by Gasteiger charge is 2.43. The number of alkyl halides is 3. The molecule has 1 amide bonds. The third kappa shape index (κ3) is 4.14. The van der Waals surface area contributed by atoms with E-state index in [0.717, 1.165) is 12.3 Å². The summed E-state index contributed by atoms with van der Waals surface area (Å²) in [5.74, 6) is -0.307. The number of anilines is 3. The fraction of sp³-hybridized carbons (Fsp3) is 0.333. The van der Waals surface area contributed by atoms with Crippen molar-refractivity contribution < 1.29 is 31.1 Å². The number of sulfonamides is 1. The maximum atomic E-state index is 13.0. The molecule has 11 heteroatoms. The fourth-order valence-corrected chi connectivity index (χ4v) is 3.48. The molecule has 0 saturated heterocycles. The SMILES string of the molecule is Cc1cc(C(F)(F)F)cnc1N1C(=O)C(C)(C)Oc2cc(NS(C)(=O)=O)ccc21. The van der Waals surface area contributed by atoms with Crippen LogP contribution in [0.5, 0.6) is 5.75 Å². The molecule has 1 aromatic carbocycles. The number of ether oxygens (including phenoxy) is 1. The normalized spacial score (nSPS) is 16.2. The van der Waals surface area contributed by atoms with Crippen LogP contribution in [0.4, 0.5) is 30.4 Å². The minimum atomic E-state index is -4.56. The number of fused-ring (bicyclic) bond motifs is 1. The lowest BCUT2D eigenvalue weighted by atomic mass is 10.0. The number of aryl methyl sites for hydroxylation is 1. The largest absolute Gasteiger partial charge is 0.476 e. The van der Waals surface area contributed by atoms with Gasteiger partial charge >= 0.3 is 6.18 Å². The molecule has 156 valence electrons. The quantitative estimate of drug-likeness (QED) is 0.805. The Morgan fingerprint density at radius 1 is 1.21 bits per heavy atom. The lowest BCUT2D eigenvalue weighted by Crippen LogP contribution is -2.51. The molecule has 3 rings (SSSR count). The molecule has 1 N–H and O–H groups in total. The Hall–Kier alpha value is -2.82. The lowest BCUT2D eigenvalue weighted by molar-refractivity contribution is -0.137. The van der Waals surface area contributed by atoms with Gasteiger partial charge in [0.25, 0.3) is 5.91 Å². The second-order valence-corrected chi connectivity index (χ2v) is 8.92. The predicted molar refractivity (Wildman–Crippen MR) is 101 cm³/mol. The fourth-order valence-electron chi connectivity index (χ4n) is 2.92. The molecule has 7 nitrogen and oxygen atoms in total. The molecule has 1 aliphatic heterocycles. The molecule has 0 bridgehead atoms. The second-order valence-electron chi connectivity index (χ2n) is 7.17. The van der Waals surface area contributed by atoms with E-state index in [1.165, 1.54) is 43.9 Å². The topological polar surface area (TPSA) is 88.6 Å². The Kier molecular flexibility index (Phi) is 4.77. The number of benzene rings is 1. The highest BCUT2D eigenvalue weighted by Crippen LogP contribution is 2.44. The molecule has 1 aliphatic rings. The number of nitrogens with zero attached hydrogens (tertiary/aromatic N) is 2. The van der Waals surface area contributed by atoms with Gasteiger partial charge in [0.15, 0.2) is 5.60 Å². The summed E-state index contributed by atoms with van der Waals surface area (Å²) < 4.78 is 69.9. The lowest BCUT2D eigenvalue weighted by Gasteiger charge is -2.38. The zero-order valence-corrected chi connectivity index (χ0v) is 16.8. The first-order valence-electron chi connectivity index (χ1n) is 8.38. The van der Waals surface area contributed by atoms with Crippen molar-refractivity contribution >= 4 is 33.1 Å². The van der Waals surface area contributed by atoms with Crippen molar-refractivity contribution in [2.24, 2.45) is 0 Å². The van der Waals surface area contributed by atoms with Crippen LogP contribution >= 0.6 is 0 Å². The number of aromatic nitrogens is 1. The van der Waals surface area contributed by atoms with E-state index < -0.39 is 33.3 Å². The van der Waals surface area contributed by atoms with Crippen molar-refractivity contribution in [1.82, 2.24) is 4.98 Å². The third-order valence-electron chi connectivity index (χ3n) is 4.18. The van der Waals surface area contributed by atoms with Crippen LogP contribution in [0.25, 0.3) is 0 Å². The van der Waals surface area contributed by atoms with E-state index in [2.05, 4.69) is 9.71 Å². The van der Waals surface area contributed by atoms with Gasteiger partial charge in [0, 0.05) is 12.3 Å². The smallest absolute Gasteiger partial charge is 0.417 e. The number of hydrogen-bond donors (Lipinski definition) is 1. The molecule has 2 aromatic rings. The molecule has 29 heavy (non-hydrogen) atoms. The number of pyridine rings is 1. The van der Waals surface area contributed by atoms with Gasteiger partial charge in [-0.05, 0) is 44.5 Å². The van der Waals surface area contributed by atoms with Gasteiger partial charge in [-0.25, -0.2) is 13.4 Å². The molecule has 0 unspecified atom stereocenters. The number of carbonyl (C=O) groups excluding carboxylic acids is 1. The van der Waals surface area contributed by atoms with Crippen LogP contribution in [-0.4, -0.2) is 31.2 Å². The minimum absolute atomic E-state index is 0.0319. The van der Waals surface area contributed by atoms with E-state index in [0.29, 0.717) is 6.20 Å². The molecular formula is C18H18F3N3O4S. The van der Waals surface area contributed by atoms with Crippen molar-refractivity contribution in [2.75, 3.05) is 15.9 Å². The molecule has 0 aliphatic carbocycles. The molecular weight excluding hydrogens is 411 g/mol. The molecule has 0 fully saturated rings. The maximum Gasteiger partial charge on any atom is 0.417 e. The first-order chi connectivity index (χ1) is 13.2. The average molecular weight is 429 g/mol. The summed E-state index contributed by atoms with van der Waals surface area (Å²) in [5, 5.41) is 0. The van der Waals surface area contributed by atoms with Gasteiger partial charge in [0.2, 0.25) is 10.0 Å². The standard InChI is InChI=1S/C18H18F3N3O4S/c1-10-7-11(18(19,20)21)9-22-15(10)24-13-6-5-12(23-29(4,26)27)8-14(13)28-17(2,3)16(24)25/h5-9,23H,1-4H3. The zero-order chi connectivity index (χ0) is 21.8. The first-order valence-corrected chi connectivity index (χ1v) is 10.3. The zero-order valence-electron chi connectivity index (χ0n) is 16.0. The van der Waals surface area contributed by atoms with E-state index in [1.807, 2.05) is 0 Å². The molecule has 0 saturated carbocycles. The van der Waals surface area contributed by atoms with Gasteiger partial charge in [0.05, 0.1) is 23.2 Å². The van der Waals surface area contributed by atoms with Crippen molar-refractivity contribution in [3.05, 3.63) is 41.6 Å². The number of halogens is 3. The van der Waals surface area contributed by atoms with Crippen LogP contribution in [0.3, 0.4) is 0 Å². The van der Waals surface area contributed by atoms with E-state index in [4.69, 9.17) is 4.74 Å². The van der Waals surface area contributed by atoms with E-state index in [-0.39, 0.29) is 28.5 Å². The van der Waals surface area contributed by atoms with E-state index >= 15 is 0 Å². The Morgan fingerprint density at radius 3 is 2.41 bits per heavy atom. The van der Waals surface area contributed by atoms with Gasteiger partial charge in [-0.2, -0.15) is 13.2 Å². The molecule has 0 spiro atoms. The van der Waals surface area contributed by atoms with Crippen LogP contribution in [-0.2, 0) is 21.0 Å². The summed E-state index contributed by atoms with van der Waals surface area (Å²) in [4.78, 5) is 18.0. The van der Waals surface area contributed by atoms with E-state index in [9.17, 15) is 26.4 Å². The molecule has 0 atom stereocenters. The van der Waals surface area contributed by atoms with Crippen molar-refractivity contribution in [1.29, 1.82) is 0 Å². The summed E-state index contributed by atoms with van der Waals surface area (Å²) in [6.45, 7) is 4.43. The first kappa shape index (κ1) is 20.9. The Balaban J connectivity index is 2.14. The number of hydrogen-bond acceptors (Lipinski definition) is 5. The van der Waals surface area contributed by atoms with Crippen LogP contribution in [0, 0.1) is 6.92 Å². The average Bonchev–Trinajstić information content (AvgIpc) is 2.54. The Bertz CT molecular complexity index is 1100. The van der Waals surface area contributed by atoms with Crippen molar-refractivity contribution in [3.63, 3.8) is 0 Å². The summed E-state index contributed by atoms with van der Waals surface area (Å²) in [5.41, 5.74) is -1.67. The highest BCUT2D eigenvalue weighted by molar-refractivity contribution is 7.92. The summed E-state index contributed by atoms with van der Waals surface area (Å²) in [6.07, 6.45) is -2.91.